The molecule has 5 heteroatoms. The minimum absolute atomic E-state index is 0.0131. The Labute approximate surface area is 191 Å². The van der Waals surface area contributed by atoms with E-state index < -0.39 is 5.82 Å². The molecule has 0 fully saturated rings. The van der Waals surface area contributed by atoms with Gasteiger partial charge in [0.1, 0.15) is 18.0 Å². The van der Waals surface area contributed by atoms with Gasteiger partial charge in [0.05, 0.1) is 5.39 Å². The van der Waals surface area contributed by atoms with E-state index in [1.807, 2.05) is 31.2 Å². The minimum atomic E-state index is -0.396. The molecule has 3 nitrogen and oxygen atoms in total. The number of ether oxygens (including phenoxy) is 1. The summed E-state index contributed by atoms with van der Waals surface area (Å²) in [6.07, 6.45) is 0. The van der Waals surface area contributed by atoms with Crippen molar-refractivity contribution in [2.45, 2.75) is 39.7 Å². The summed E-state index contributed by atoms with van der Waals surface area (Å²) in [7, 11) is 0. The Morgan fingerprint density at radius 1 is 1.03 bits per heavy atom. The third kappa shape index (κ3) is 4.28. The highest BCUT2D eigenvalue weighted by Crippen LogP contribution is 2.34. The van der Waals surface area contributed by atoms with Gasteiger partial charge in [-0.3, -0.25) is 4.79 Å². The molecule has 3 aromatic carbocycles. The van der Waals surface area contributed by atoms with Crippen molar-refractivity contribution >= 4 is 22.6 Å². The van der Waals surface area contributed by atoms with Crippen LogP contribution in [-0.2, 0) is 12.0 Å². The van der Waals surface area contributed by atoms with Crippen LogP contribution < -0.4 is 10.2 Å². The van der Waals surface area contributed by atoms with Crippen LogP contribution in [0.1, 0.15) is 37.5 Å². The summed E-state index contributed by atoms with van der Waals surface area (Å²) >= 11 is 6.25. The number of halogens is 2. The highest BCUT2D eigenvalue weighted by Gasteiger charge is 2.20. The Morgan fingerprint density at radius 2 is 1.72 bits per heavy atom. The molecule has 1 heterocycles. The van der Waals surface area contributed by atoms with Crippen LogP contribution in [-0.4, -0.2) is 0 Å². The normalized spacial score (nSPS) is 11.7. The van der Waals surface area contributed by atoms with E-state index >= 15 is 0 Å². The van der Waals surface area contributed by atoms with Gasteiger partial charge in [0.25, 0.3) is 0 Å². The van der Waals surface area contributed by atoms with Gasteiger partial charge in [-0.2, -0.15) is 0 Å². The van der Waals surface area contributed by atoms with Gasteiger partial charge in [-0.05, 0) is 41.7 Å². The van der Waals surface area contributed by atoms with Crippen molar-refractivity contribution in [2.24, 2.45) is 0 Å². The molecule has 0 N–H and O–H groups in total. The molecule has 4 rings (SSSR count). The van der Waals surface area contributed by atoms with Gasteiger partial charge in [0.15, 0.2) is 5.76 Å². The largest absolute Gasteiger partial charge is 0.481 e. The monoisotopic (exact) mass is 450 g/mol. The fraction of sp³-hybridized carbons (Fsp3) is 0.222. The highest BCUT2D eigenvalue weighted by atomic mass is 35.5. The lowest BCUT2D eigenvalue weighted by Gasteiger charge is -2.19. The summed E-state index contributed by atoms with van der Waals surface area (Å²) in [6, 6.07) is 17.5. The standard InChI is InChI=1S/C27H24ClFO3/c1-16-13-23-20(14-21(16)28)24(30)26(31-15-18-7-5-6-8-22(18)29)25(32-23)17-9-11-19(12-10-17)27(2,3)4/h5-14H,15H2,1-4H3. The molecule has 0 amide bonds. The van der Waals surface area contributed by atoms with Crippen molar-refractivity contribution in [3.8, 4) is 17.1 Å². The first-order chi connectivity index (χ1) is 15.1. The second kappa shape index (κ2) is 8.44. The fourth-order valence-corrected chi connectivity index (χ4v) is 3.67. The number of benzene rings is 3. The van der Waals surface area contributed by atoms with Crippen LogP contribution in [0.25, 0.3) is 22.3 Å². The number of rotatable bonds is 4. The van der Waals surface area contributed by atoms with Gasteiger partial charge in [0.2, 0.25) is 11.2 Å². The van der Waals surface area contributed by atoms with E-state index in [9.17, 15) is 9.18 Å². The van der Waals surface area contributed by atoms with E-state index in [1.54, 1.807) is 30.3 Å². The lowest BCUT2D eigenvalue weighted by molar-refractivity contribution is 0.292. The third-order valence-electron chi connectivity index (χ3n) is 5.47. The van der Waals surface area contributed by atoms with Gasteiger partial charge in [0, 0.05) is 16.1 Å². The zero-order chi connectivity index (χ0) is 23.0. The fourth-order valence-electron chi connectivity index (χ4n) is 3.51. The van der Waals surface area contributed by atoms with Crippen LogP contribution >= 0.6 is 11.6 Å². The first-order valence-corrected chi connectivity index (χ1v) is 10.8. The molecular weight excluding hydrogens is 427 g/mol. The molecule has 0 bridgehead atoms. The molecule has 32 heavy (non-hydrogen) atoms. The van der Waals surface area contributed by atoms with Gasteiger partial charge in [-0.25, -0.2) is 4.39 Å². The molecule has 0 saturated carbocycles. The maximum Gasteiger partial charge on any atom is 0.235 e. The smallest absolute Gasteiger partial charge is 0.235 e. The van der Waals surface area contributed by atoms with Gasteiger partial charge in [-0.1, -0.05) is 74.8 Å². The Morgan fingerprint density at radius 3 is 2.38 bits per heavy atom. The summed E-state index contributed by atoms with van der Waals surface area (Å²) in [4.78, 5) is 13.4. The minimum Gasteiger partial charge on any atom is -0.481 e. The summed E-state index contributed by atoms with van der Waals surface area (Å²) < 4.78 is 26.2. The number of aryl methyl sites for hydroxylation is 1. The maximum absolute atomic E-state index is 14.1. The number of hydrogen-bond donors (Lipinski definition) is 0. The molecule has 0 unspecified atom stereocenters. The zero-order valence-corrected chi connectivity index (χ0v) is 19.2. The van der Waals surface area contributed by atoms with E-state index in [4.69, 9.17) is 20.8 Å². The Hall–Kier alpha value is -3.11. The second-order valence-electron chi connectivity index (χ2n) is 8.89. The average Bonchev–Trinajstić information content (AvgIpc) is 2.75. The predicted octanol–water partition coefficient (Wildman–Crippen LogP) is 7.44. The van der Waals surface area contributed by atoms with E-state index in [-0.39, 0.29) is 23.2 Å². The molecule has 0 saturated heterocycles. The van der Waals surface area contributed by atoms with Crippen LogP contribution in [0, 0.1) is 12.7 Å². The van der Waals surface area contributed by atoms with Crippen molar-refractivity contribution in [3.63, 3.8) is 0 Å². The molecule has 0 atom stereocenters. The summed E-state index contributed by atoms with van der Waals surface area (Å²) in [5.74, 6) is -0.0578. The molecule has 1 aromatic heterocycles. The Kier molecular flexibility index (Phi) is 5.83. The lowest BCUT2D eigenvalue weighted by Crippen LogP contribution is -2.12. The molecule has 0 aliphatic heterocycles. The zero-order valence-electron chi connectivity index (χ0n) is 18.5. The van der Waals surface area contributed by atoms with Crippen molar-refractivity contribution in [1.82, 2.24) is 0 Å². The Bertz CT molecular complexity index is 1350. The molecule has 4 aromatic rings. The molecule has 0 spiro atoms. The van der Waals surface area contributed by atoms with E-state index in [1.165, 1.54) is 6.07 Å². The molecule has 0 aliphatic rings. The van der Waals surface area contributed by atoms with E-state index in [2.05, 4.69) is 20.8 Å². The number of fused-ring (bicyclic) bond motifs is 1. The summed E-state index contributed by atoms with van der Waals surface area (Å²) in [5, 5.41) is 0.784. The summed E-state index contributed by atoms with van der Waals surface area (Å²) in [6.45, 7) is 8.15. The molecule has 164 valence electrons. The van der Waals surface area contributed by atoms with Gasteiger partial charge < -0.3 is 9.15 Å². The maximum atomic E-state index is 14.1. The Balaban J connectivity index is 1.87. The first-order valence-electron chi connectivity index (χ1n) is 10.4. The second-order valence-corrected chi connectivity index (χ2v) is 9.30. The van der Waals surface area contributed by atoms with Gasteiger partial charge >= 0.3 is 0 Å². The van der Waals surface area contributed by atoms with E-state index in [0.717, 1.165) is 11.1 Å². The molecule has 0 radical (unpaired) electrons. The topological polar surface area (TPSA) is 39.4 Å². The number of hydrogen-bond acceptors (Lipinski definition) is 3. The van der Waals surface area contributed by atoms with Crippen LogP contribution in [0.4, 0.5) is 4.39 Å². The van der Waals surface area contributed by atoms with Crippen molar-refractivity contribution in [2.75, 3.05) is 0 Å². The van der Waals surface area contributed by atoms with Crippen LogP contribution in [0.15, 0.2) is 69.9 Å². The van der Waals surface area contributed by atoms with Crippen molar-refractivity contribution in [1.29, 1.82) is 0 Å². The lowest BCUT2D eigenvalue weighted by atomic mass is 9.86. The highest BCUT2D eigenvalue weighted by molar-refractivity contribution is 6.32. The van der Waals surface area contributed by atoms with Crippen LogP contribution in [0.2, 0.25) is 5.02 Å². The predicted molar refractivity (Wildman–Crippen MR) is 127 cm³/mol. The van der Waals surface area contributed by atoms with Crippen molar-refractivity contribution in [3.05, 3.63) is 98.4 Å². The SMILES string of the molecule is Cc1cc2oc(-c3ccc(C(C)(C)C)cc3)c(OCc3ccccc3F)c(=O)c2cc1Cl. The van der Waals surface area contributed by atoms with Crippen LogP contribution in [0.3, 0.4) is 0 Å². The third-order valence-corrected chi connectivity index (χ3v) is 5.88. The molecule has 0 aliphatic carbocycles. The van der Waals surface area contributed by atoms with Crippen LogP contribution in [0.5, 0.6) is 5.75 Å². The van der Waals surface area contributed by atoms with E-state index in [0.29, 0.717) is 32.9 Å². The quantitative estimate of drug-likeness (QED) is 0.324. The molecular formula is C27H24ClFO3. The van der Waals surface area contributed by atoms with Gasteiger partial charge in [-0.15, -0.1) is 0 Å². The first kappa shape index (κ1) is 22.1. The van der Waals surface area contributed by atoms with Crippen molar-refractivity contribution < 1.29 is 13.5 Å². The summed E-state index contributed by atoms with van der Waals surface area (Å²) in [5.41, 5.74) is 3.07. The average molecular weight is 451 g/mol.